The van der Waals surface area contributed by atoms with Gasteiger partial charge in [-0.2, -0.15) is 0 Å². The van der Waals surface area contributed by atoms with E-state index in [0.29, 0.717) is 32.8 Å². The van der Waals surface area contributed by atoms with Gasteiger partial charge in [-0.05, 0) is 13.0 Å². The molecule has 0 radical (unpaired) electrons. The van der Waals surface area contributed by atoms with Crippen LogP contribution in [0.4, 0.5) is 9.18 Å². The number of aromatic nitrogens is 1. The second-order valence-electron chi connectivity index (χ2n) is 4.33. The molecule has 0 aliphatic carbocycles. The van der Waals surface area contributed by atoms with Crippen LogP contribution in [0.5, 0.6) is 0 Å². The smallest absolute Gasteiger partial charge is 0.409 e. The number of pyridine rings is 1. The van der Waals surface area contributed by atoms with Gasteiger partial charge in [0.1, 0.15) is 0 Å². The number of carbonyl (C=O) groups excluding carboxylic acids is 2. The summed E-state index contributed by atoms with van der Waals surface area (Å²) in [6.45, 7) is 3.55. The molecular weight excluding hydrogens is 265 g/mol. The Hall–Kier alpha value is -2.18. The maximum absolute atomic E-state index is 13.5. The van der Waals surface area contributed by atoms with E-state index in [0.717, 1.165) is 6.20 Å². The number of amides is 2. The molecular formula is C13H16FN3O3. The van der Waals surface area contributed by atoms with Crippen molar-refractivity contribution in [2.24, 2.45) is 0 Å². The van der Waals surface area contributed by atoms with Crippen molar-refractivity contribution in [1.29, 1.82) is 0 Å². The molecule has 1 aliphatic rings. The van der Waals surface area contributed by atoms with E-state index in [9.17, 15) is 14.0 Å². The molecule has 0 spiro atoms. The lowest BCUT2D eigenvalue weighted by Crippen LogP contribution is -2.50. The summed E-state index contributed by atoms with van der Waals surface area (Å²) in [6.07, 6.45) is 2.02. The molecule has 0 atom stereocenters. The van der Waals surface area contributed by atoms with Crippen LogP contribution in [0.3, 0.4) is 0 Å². The van der Waals surface area contributed by atoms with E-state index in [1.165, 1.54) is 22.1 Å². The maximum atomic E-state index is 13.5. The van der Waals surface area contributed by atoms with E-state index in [-0.39, 0.29) is 17.6 Å². The monoisotopic (exact) mass is 281 g/mol. The highest BCUT2D eigenvalue weighted by molar-refractivity contribution is 5.94. The molecule has 0 saturated carbocycles. The third-order valence-corrected chi connectivity index (χ3v) is 3.10. The lowest BCUT2D eigenvalue weighted by Gasteiger charge is -2.34. The van der Waals surface area contributed by atoms with Crippen LogP contribution in [0, 0.1) is 5.82 Å². The van der Waals surface area contributed by atoms with Gasteiger partial charge in [0.2, 0.25) is 0 Å². The molecule has 0 unspecified atom stereocenters. The molecule has 1 aromatic heterocycles. The Morgan fingerprint density at radius 1 is 1.30 bits per heavy atom. The molecule has 1 aliphatic heterocycles. The molecule has 0 N–H and O–H groups in total. The topological polar surface area (TPSA) is 62.7 Å². The Kier molecular flexibility index (Phi) is 4.49. The van der Waals surface area contributed by atoms with Crippen LogP contribution in [-0.4, -0.2) is 59.6 Å². The summed E-state index contributed by atoms with van der Waals surface area (Å²) in [5, 5.41) is 0. The van der Waals surface area contributed by atoms with Gasteiger partial charge in [-0.15, -0.1) is 0 Å². The van der Waals surface area contributed by atoms with Crippen molar-refractivity contribution in [3.05, 3.63) is 29.8 Å². The minimum atomic E-state index is -0.634. The highest BCUT2D eigenvalue weighted by Crippen LogP contribution is 2.11. The van der Waals surface area contributed by atoms with Crippen LogP contribution >= 0.6 is 0 Å². The third kappa shape index (κ3) is 3.04. The molecule has 2 rings (SSSR count). The molecule has 1 aromatic rings. The molecule has 7 heteroatoms. The van der Waals surface area contributed by atoms with Crippen molar-refractivity contribution in [2.45, 2.75) is 6.92 Å². The number of hydrogen-bond acceptors (Lipinski definition) is 4. The molecule has 0 bridgehead atoms. The molecule has 6 nitrogen and oxygen atoms in total. The zero-order valence-electron chi connectivity index (χ0n) is 11.2. The van der Waals surface area contributed by atoms with Gasteiger partial charge in [0, 0.05) is 32.4 Å². The highest BCUT2D eigenvalue weighted by atomic mass is 19.1. The average molecular weight is 281 g/mol. The quantitative estimate of drug-likeness (QED) is 0.815. The van der Waals surface area contributed by atoms with Crippen LogP contribution < -0.4 is 0 Å². The van der Waals surface area contributed by atoms with Crippen molar-refractivity contribution in [1.82, 2.24) is 14.8 Å². The number of nitrogens with zero attached hydrogens (tertiary/aromatic N) is 3. The summed E-state index contributed by atoms with van der Waals surface area (Å²) in [5.41, 5.74) is 0.00425. The SMILES string of the molecule is CCOC(=O)N1CCN(C(=O)c2ccncc2F)CC1. The van der Waals surface area contributed by atoms with Crippen molar-refractivity contribution in [3.63, 3.8) is 0 Å². The molecule has 1 saturated heterocycles. The van der Waals surface area contributed by atoms with Crippen molar-refractivity contribution < 1.29 is 18.7 Å². The molecule has 108 valence electrons. The Balaban J connectivity index is 1.96. The van der Waals surface area contributed by atoms with Crippen molar-refractivity contribution in [2.75, 3.05) is 32.8 Å². The van der Waals surface area contributed by atoms with Crippen LogP contribution in [0.15, 0.2) is 18.5 Å². The Labute approximate surface area is 116 Å². The van der Waals surface area contributed by atoms with Crippen LogP contribution in [0.25, 0.3) is 0 Å². The fourth-order valence-corrected chi connectivity index (χ4v) is 2.03. The zero-order valence-corrected chi connectivity index (χ0v) is 11.2. The average Bonchev–Trinajstić information content (AvgIpc) is 2.47. The van der Waals surface area contributed by atoms with Crippen LogP contribution in [0.2, 0.25) is 0 Å². The first-order valence-corrected chi connectivity index (χ1v) is 6.44. The van der Waals surface area contributed by atoms with E-state index in [2.05, 4.69) is 4.98 Å². The van der Waals surface area contributed by atoms with Crippen molar-refractivity contribution >= 4 is 12.0 Å². The van der Waals surface area contributed by atoms with E-state index >= 15 is 0 Å². The predicted molar refractivity (Wildman–Crippen MR) is 68.7 cm³/mol. The summed E-state index contributed by atoms with van der Waals surface area (Å²) in [6, 6.07) is 1.36. The first-order valence-electron chi connectivity index (χ1n) is 6.44. The fraction of sp³-hybridized carbons (Fsp3) is 0.462. The van der Waals surface area contributed by atoms with Gasteiger partial charge in [0.05, 0.1) is 18.4 Å². The van der Waals surface area contributed by atoms with Crippen LogP contribution in [0.1, 0.15) is 17.3 Å². The minimum Gasteiger partial charge on any atom is -0.450 e. The maximum Gasteiger partial charge on any atom is 0.409 e. The number of halogens is 1. The number of ether oxygens (including phenoxy) is 1. The van der Waals surface area contributed by atoms with E-state index in [1.54, 1.807) is 6.92 Å². The van der Waals surface area contributed by atoms with Gasteiger partial charge < -0.3 is 14.5 Å². The molecule has 20 heavy (non-hydrogen) atoms. The Bertz CT molecular complexity index is 501. The number of piperazine rings is 1. The van der Waals surface area contributed by atoms with Gasteiger partial charge in [-0.25, -0.2) is 9.18 Å². The number of rotatable bonds is 2. The summed E-state index contributed by atoms with van der Waals surface area (Å²) in [5.74, 6) is -1.02. The summed E-state index contributed by atoms with van der Waals surface area (Å²) >= 11 is 0. The predicted octanol–water partition coefficient (Wildman–Crippen LogP) is 1.14. The first kappa shape index (κ1) is 14.2. The second-order valence-corrected chi connectivity index (χ2v) is 4.33. The largest absolute Gasteiger partial charge is 0.450 e. The Morgan fingerprint density at radius 3 is 2.55 bits per heavy atom. The highest BCUT2D eigenvalue weighted by Gasteiger charge is 2.26. The van der Waals surface area contributed by atoms with E-state index < -0.39 is 5.82 Å². The third-order valence-electron chi connectivity index (χ3n) is 3.10. The second kappa shape index (κ2) is 6.31. The number of carbonyl (C=O) groups is 2. The molecule has 2 heterocycles. The standard InChI is InChI=1S/C13H16FN3O3/c1-2-20-13(19)17-7-5-16(6-8-17)12(18)10-3-4-15-9-11(10)14/h3-4,9H,2,5-8H2,1H3. The fourth-order valence-electron chi connectivity index (χ4n) is 2.03. The van der Waals surface area contributed by atoms with E-state index in [4.69, 9.17) is 4.74 Å². The van der Waals surface area contributed by atoms with Gasteiger partial charge in [0.15, 0.2) is 5.82 Å². The normalized spacial score (nSPS) is 15.1. The van der Waals surface area contributed by atoms with Gasteiger partial charge >= 0.3 is 6.09 Å². The molecule has 0 aromatic carbocycles. The first-order chi connectivity index (χ1) is 9.63. The van der Waals surface area contributed by atoms with Gasteiger partial charge in [0.25, 0.3) is 5.91 Å². The zero-order chi connectivity index (χ0) is 14.5. The molecule has 2 amide bonds. The van der Waals surface area contributed by atoms with Crippen LogP contribution in [-0.2, 0) is 4.74 Å². The van der Waals surface area contributed by atoms with Gasteiger partial charge in [-0.1, -0.05) is 0 Å². The summed E-state index contributed by atoms with van der Waals surface area (Å²) < 4.78 is 18.4. The van der Waals surface area contributed by atoms with Crippen molar-refractivity contribution in [3.8, 4) is 0 Å². The van der Waals surface area contributed by atoms with E-state index in [1.807, 2.05) is 0 Å². The minimum absolute atomic E-state index is 0.00425. The van der Waals surface area contributed by atoms with Gasteiger partial charge in [-0.3, -0.25) is 9.78 Å². The number of hydrogen-bond donors (Lipinski definition) is 0. The lowest BCUT2D eigenvalue weighted by molar-refractivity contribution is 0.0566. The lowest BCUT2D eigenvalue weighted by atomic mass is 10.2. The summed E-state index contributed by atoms with van der Waals surface area (Å²) in [7, 11) is 0. The summed E-state index contributed by atoms with van der Waals surface area (Å²) in [4.78, 5) is 30.3. The molecule has 1 fully saturated rings. The Morgan fingerprint density at radius 2 is 1.95 bits per heavy atom.